The molecular weight excluding hydrogens is 278 g/mol. The second-order valence-electron chi connectivity index (χ2n) is 5.13. The highest BCUT2D eigenvalue weighted by atomic mass is 16.3. The number of amides is 1. The number of carbonyl (C=O) groups excluding carboxylic acids is 1. The van der Waals surface area contributed by atoms with Crippen molar-refractivity contribution in [2.75, 3.05) is 0 Å². The standard InChI is InChI=1S/C17H17N3O2/c1-2-15(14-5-3-4-6-16(14)21)19-17(22)12-7-8-20-11-18-10-13(20)9-12/h3-11,15,21H,2H2,1H3,(H,19,22)/t15-/m0/s1. The van der Waals surface area contributed by atoms with Gasteiger partial charge in [-0.25, -0.2) is 4.98 Å². The van der Waals surface area contributed by atoms with Gasteiger partial charge in [0.1, 0.15) is 5.75 Å². The molecule has 2 aromatic heterocycles. The van der Waals surface area contributed by atoms with E-state index in [1.165, 1.54) is 0 Å². The van der Waals surface area contributed by atoms with E-state index in [0.29, 0.717) is 12.0 Å². The normalized spacial score (nSPS) is 12.2. The second kappa shape index (κ2) is 5.89. The van der Waals surface area contributed by atoms with Crippen molar-refractivity contribution in [2.24, 2.45) is 0 Å². The molecule has 5 nitrogen and oxygen atoms in total. The summed E-state index contributed by atoms with van der Waals surface area (Å²) in [6, 6.07) is 10.4. The lowest BCUT2D eigenvalue weighted by Crippen LogP contribution is -2.28. The van der Waals surface area contributed by atoms with Crippen LogP contribution in [0.1, 0.15) is 35.3 Å². The smallest absolute Gasteiger partial charge is 0.251 e. The molecule has 0 aliphatic rings. The zero-order valence-electron chi connectivity index (χ0n) is 12.2. The fourth-order valence-corrected chi connectivity index (χ4v) is 2.48. The number of aromatic hydroxyl groups is 1. The summed E-state index contributed by atoms with van der Waals surface area (Å²) < 4.78 is 1.84. The third kappa shape index (κ3) is 2.65. The van der Waals surface area contributed by atoms with Gasteiger partial charge in [0.05, 0.1) is 24.1 Å². The van der Waals surface area contributed by atoms with Crippen LogP contribution in [0, 0.1) is 0 Å². The first kappa shape index (κ1) is 14.1. The van der Waals surface area contributed by atoms with Crippen LogP contribution in [-0.4, -0.2) is 20.4 Å². The number of hydrogen-bond donors (Lipinski definition) is 2. The number of fused-ring (bicyclic) bond motifs is 1. The van der Waals surface area contributed by atoms with Crippen LogP contribution in [0.4, 0.5) is 0 Å². The first-order valence-corrected chi connectivity index (χ1v) is 7.19. The van der Waals surface area contributed by atoms with E-state index >= 15 is 0 Å². The van der Waals surface area contributed by atoms with Crippen LogP contribution < -0.4 is 5.32 Å². The minimum Gasteiger partial charge on any atom is -0.508 e. The van der Waals surface area contributed by atoms with Crippen molar-refractivity contribution in [1.82, 2.24) is 14.7 Å². The van der Waals surface area contributed by atoms with Gasteiger partial charge in [-0.3, -0.25) is 4.79 Å². The molecule has 112 valence electrons. The first-order chi connectivity index (χ1) is 10.7. The monoisotopic (exact) mass is 295 g/mol. The zero-order valence-corrected chi connectivity index (χ0v) is 12.2. The predicted octanol–water partition coefficient (Wildman–Crippen LogP) is 2.92. The van der Waals surface area contributed by atoms with Gasteiger partial charge in [0.2, 0.25) is 0 Å². The van der Waals surface area contributed by atoms with Gasteiger partial charge in [-0.05, 0) is 24.6 Å². The minimum absolute atomic E-state index is 0.168. The highest BCUT2D eigenvalue weighted by Gasteiger charge is 2.17. The van der Waals surface area contributed by atoms with Gasteiger partial charge >= 0.3 is 0 Å². The summed E-state index contributed by atoms with van der Waals surface area (Å²) in [5.41, 5.74) is 2.16. The van der Waals surface area contributed by atoms with E-state index in [9.17, 15) is 9.90 Å². The van der Waals surface area contributed by atoms with Crippen LogP contribution in [0.5, 0.6) is 5.75 Å². The molecule has 0 saturated heterocycles. The van der Waals surface area contributed by atoms with Crippen molar-refractivity contribution in [1.29, 1.82) is 0 Å². The minimum atomic E-state index is -0.227. The Morgan fingerprint density at radius 2 is 2.18 bits per heavy atom. The maximum Gasteiger partial charge on any atom is 0.251 e. The van der Waals surface area contributed by atoms with Gasteiger partial charge in [0.15, 0.2) is 0 Å². The topological polar surface area (TPSA) is 66.6 Å². The summed E-state index contributed by atoms with van der Waals surface area (Å²) in [6.45, 7) is 1.97. The molecule has 3 aromatic rings. The molecule has 0 saturated carbocycles. The Morgan fingerprint density at radius 3 is 2.95 bits per heavy atom. The van der Waals surface area contributed by atoms with E-state index in [-0.39, 0.29) is 17.7 Å². The van der Waals surface area contributed by atoms with Gasteiger partial charge < -0.3 is 14.8 Å². The molecular formula is C17H17N3O2. The molecule has 0 aliphatic heterocycles. The summed E-state index contributed by atoms with van der Waals surface area (Å²) in [4.78, 5) is 16.5. The molecule has 1 atom stereocenters. The molecule has 3 rings (SSSR count). The Hall–Kier alpha value is -2.82. The number of phenols is 1. The van der Waals surface area contributed by atoms with E-state index in [1.807, 2.05) is 23.5 Å². The van der Waals surface area contributed by atoms with Gasteiger partial charge in [-0.2, -0.15) is 0 Å². The van der Waals surface area contributed by atoms with Crippen molar-refractivity contribution < 1.29 is 9.90 Å². The van der Waals surface area contributed by atoms with Crippen molar-refractivity contribution in [2.45, 2.75) is 19.4 Å². The molecule has 22 heavy (non-hydrogen) atoms. The average Bonchev–Trinajstić information content (AvgIpc) is 3.00. The zero-order chi connectivity index (χ0) is 15.5. The van der Waals surface area contributed by atoms with E-state index < -0.39 is 0 Å². The largest absolute Gasteiger partial charge is 0.508 e. The van der Waals surface area contributed by atoms with E-state index in [4.69, 9.17) is 0 Å². The van der Waals surface area contributed by atoms with Crippen molar-refractivity contribution in [3.05, 3.63) is 66.2 Å². The quantitative estimate of drug-likeness (QED) is 0.777. The molecule has 0 aliphatic carbocycles. The van der Waals surface area contributed by atoms with Crippen molar-refractivity contribution in [3.8, 4) is 5.75 Å². The van der Waals surface area contributed by atoms with Crippen LogP contribution in [0.15, 0.2) is 55.1 Å². The number of phenolic OH excluding ortho intramolecular Hbond substituents is 1. The number of nitrogens with zero attached hydrogens (tertiary/aromatic N) is 2. The van der Waals surface area contributed by atoms with Crippen LogP contribution in [0.3, 0.4) is 0 Å². The maximum atomic E-state index is 12.4. The summed E-state index contributed by atoms with van der Waals surface area (Å²) >= 11 is 0. The Bertz CT molecular complexity index is 810. The number of aromatic nitrogens is 2. The van der Waals surface area contributed by atoms with Crippen molar-refractivity contribution in [3.63, 3.8) is 0 Å². The SMILES string of the molecule is CC[C@H](NC(=O)c1ccn2cncc2c1)c1ccccc1O. The van der Waals surface area contributed by atoms with Crippen LogP contribution in [0.25, 0.3) is 5.52 Å². The van der Waals surface area contributed by atoms with E-state index in [2.05, 4.69) is 10.3 Å². The molecule has 0 spiro atoms. The maximum absolute atomic E-state index is 12.4. The second-order valence-corrected chi connectivity index (χ2v) is 5.13. The van der Waals surface area contributed by atoms with Crippen LogP contribution in [0.2, 0.25) is 0 Å². The number of nitrogens with one attached hydrogen (secondary N) is 1. The molecule has 0 radical (unpaired) electrons. The summed E-state index contributed by atoms with van der Waals surface area (Å²) in [5, 5.41) is 12.9. The fraction of sp³-hybridized carbons (Fsp3) is 0.176. The third-order valence-electron chi connectivity index (χ3n) is 3.70. The summed E-state index contributed by atoms with van der Waals surface area (Å²) in [6.07, 6.45) is 5.89. The Morgan fingerprint density at radius 1 is 1.36 bits per heavy atom. The number of pyridine rings is 1. The molecule has 1 amide bonds. The van der Waals surface area contributed by atoms with Crippen molar-refractivity contribution >= 4 is 11.4 Å². The number of carbonyl (C=O) groups is 1. The molecule has 5 heteroatoms. The molecule has 0 fully saturated rings. The number of hydrogen-bond acceptors (Lipinski definition) is 3. The molecule has 1 aromatic carbocycles. The van der Waals surface area contributed by atoms with Gasteiger partial charge in [0, 0.05) is 17.3 Å². The molecule has 2 heterocycles. The molecule has 2 N–H and O–H groups in total. The Balaban J connectivity index is 1.84. The lowest BCUT2D eigenvalue weighted by atomic mass is 10.0. The first-order valence-electron chi connectivity index (χ1n) is 7.19. The Kier molecular flexibility index (Phi) is 3.78. The highest BCUT2D eigenvalue weighted by molar-refractivity contribution is 5.95. The number of para-hydroxylation sites is 1. The number of rotatable bonds is 4. The lowest BCUT2D eigenvalue weighted by molar-refractivity contribution is 0.0935. The van der Waals surface area contributed by atoms with Crippen LogP contribution in [-0.2, 0) is 0 Å². The molecule has 0 unspecified atom stereocenters. The third-order valence-corrected chi connectivity index (χ3v) is 3.70. The van der Waals surface area contributed by atoms with Gasteiger partial charge in [0.25, 0.3) is 5.91 Å². The van der Waals surface area contributed by atoms with E-state index in [0.717, 1.165) is 11.1 Å². The summed E-state index contributed by atoms with van der Waals surface area (Å²) in [5.74, 6) is 0.0275. The van der Waals surface area contributed by atoms with Crippen LogP contribution >= 0.6 is 0 Å². The Labute approximate surface area is 128 Å². The van der Waals surface area contributed by atoms with E-state index in [1.54, 1.807) is 43.0 Å². The average molecular weight is 295 g/mol. The summed E-state index contributed by atoms with van der Waals surface area (Å²) in [7, 11) is 0. The lowest BCUT2D eigenvalue weighted by Gasteiger charge is -2.18. The van der Waals surface area contributed by atoms with Gasteiger partial charge in [-0.1, -0.05) is 25.1 Å². The fourth-order valence-electron chi connectivity index (χ4n) is 2.48. The number of imidazole rings is 1. The predicted molar refractivity (Wildman–Crippen MR) is 83.8 cm³/mol. The van der Waals surface area contributed by atoms with Gasteiger partial charge in [-0.15, -0.1) is 0 Å². The number of benzene rings is 1. The molecule has 0 bridgehead atoms. The highest BCUT2D eigenvalue weighted by Crippen LogP contribution is 2.26.